The number of nitrogen functional groups attached to an aromatic ring is 1. The summed E-state index contributed by atoms with van der Waals surface area (Å²) in [6.45, 7) is 3.83. The van der Waals surface area contributed by atoms with E-state index in [0.717, 1.165) is 49.3 Å². The summed E-state index contributed by atoms with van der Waals surface area (Å²) in [5.74, 6) is 0.0777. The van der Waals surface area contributed by atoms with Crippen LogP contribution in [0.5, 0.6) is 0 Å². The molecule has 0 unspecified atom stereocenters. The number of aliphatic hydroxyl groups is 1. The molecule has 1 saturated heterocycles. The van der Waals surface area contributed by atoms with Crippen LogP contribution in [0.25, 0.3) is 11.1 Å². The fourth-order valence-corrected chi connectivity index (χ4v) is 3.53. The largest absolute Gasteiger partial charge is 0.399 e. The van der Waals surface area contributed by atoms with E-state index in [1.165, 1.54) is 0 Å². The summed E-state index contributed by atoms with van der Waals surface area (Å²) in [6, 6.07) is 15.5. The van der Waals surface area contributed by atoms with Gasteiger partial charge in [0.05, 0.1) is 5.60 Å². The monoisotopic (exact) mass is 351 g/mol. The van der Waals surface area contributed by atoms with Crippen molar-refractivity contribution in [1.82, 2.24) is 9.80 Å². The van der Waals surface area contributed by atoms with E-state index >= 15 is 0 Å². The molecule has 0 radical (unpaired) electrons. The second-order valence-electron chi connectivity index (χ2n) is 7.50. The van der Waals surface area contributed by atoms with Gasteiger partial charge in [0.1, 0.15) is 0 Å². The lowest BCUT2D eigenvalue weighted by Crippen LogP contribution is -2.50. The third-order valence-corrected chi connectivity index (χ3v) is 5.36. The van der Waals surface area contributed by atoms with Crippen molar-refractivity contribution < 1.29 is 9.90 Å². The number of piperazine rings is 1. The average Bonchev–Trinajstić information content (AvgIpc) is 3.39. The Labute approximate surface area is 154 Å². The van der Waals surface area contributed by atoms with Crippen molar-refractivity contribution in [3.05, 3.63) is 54.1 Å². The number of rotatable bonds is 4. The molecule has 5 heteroatoms. The number of nitrogens with zero attached hydrogens (tertiary/aromatic N) is 2. The molecule has 1 aliphatic heterocycles. The van der Waals surface area contributed by atoms with Gasteiger partial charge >= 0.3 is 0 Å². The van der Waals surface area contributed by atoms with Crippen LogP contribution in [0.3, 0.4) is 0 Å². The van der Waals surface area contributed by atoms with Crippen LogP contribution in [0.2, 0.25) is 0 Å². The highest BCUT2D eigenvalue weighted by Crippen LogP contribution is 2.35. The molecule has 5 nitrogen and oxygen atoms in total. The molecule has 1 amide bonds. The molecule has 1 heterocycles. The van der Waals surface area contributed by atoms with Gasteiger partial charge in [-0.15, -0.1) is 0 Å². The smallest absolute Gasteiger partial charge is 0.253 e. The number of amides is 1. The molecule has 26 heavy (non-hydrogen) atoms. The van der Waals surface area contributed by atoms with Gasteiger partial charge in [-0.2, -0.15) is 0 Å². The third kappa shape index (κ3) is 3.74. The molecule has 2 aromatic rings. The molecule has 4 rings (SSSR count). The van der Waals surface area contributed by atoms with Crippen LogP contribution in [-0.2, 0) is 0 Å². The molecule has 136 valence electrons. The molecular formula is C21H25N3O2. The summed E-state index contributed by atoms with van der Waals surface area (Å²) < 4.78 is 0. The van der Waals surface area contributed by atoms with Gasteiger partial charge in [-0.25, -0.2) is 0 Å². The van der Waals surface area contributed by atoms with Crippen LogP contribution in [0.4, 0.5) is 5.69 Å². The molecule has 1 saturated carbocycles. The number of β-amino-alcohol motifs (C(OH)–C–C–N with tert-alkyl or cyclic N) is 1. The van der Waals surface area contributed by atoms with E-state index in [1.54, 1.807) is 0 Å². The van der Waals surface area contributed by atoms with Crippen LogP contribution in [0, 0.1) is 0 Å². The Balaban J connectivity index is 1.38. The van der Waals surface area contributed by atoms with E-state index in [1.807, 2.05) is 53.4 Å². The van der Waals surface area contributed by atoms with E-state index in [-0.39, 0.29) is 5.91 Å². The molecule has 0 aromatic heterocycles. The summed E-state index contributed by atoms with van der Waals surface area (Å²) in [6.07, 6.45) is 1.82. The summed E-state index contributed by atoms with van der Waals surface area (Å²) in [4.78, 5) is 16.9. The van der Waals surface area contributed by atoms with Crippen LogP contribution >= 0.6 is 0 Å². The lowest BCUT2D eigenvalue weighted by Gasteiger charge is -2.35. The molecular weight excluding hydrogens is 326 g/mol. The minimum atomic E-state index is -0.456. The fourth-order valence-electron chi connectivity index (χ4n) is 3.53. The Kier molecular flexibility index (Phi) is 4.42. The van der Waals surface area contributed by atoms with Gasteiger partial charge in [0, 0.05) is 44.0 Å². The highest BCUT2D eigenvalue weighted by Gasteiger charge is 2.42. The van der Waals surface area contributed by atoms with Crippen LogP contribution in [0.1, 0.15) is 23.2 Å². The van der Waals surface area contributed by atoms with Crippen LogP contribution in [-0.4, -0.2) is 59.1 Å². The number of carbonyl (C=O) groups is 1. The van der Waals surface area contributed by atoms with Gasteiger partial charge in [0.2, 0.25) is 0 Å². The Bertz CT molecular complexity index is 791. The molecule has 2 aliphatic rings. The standard InChI is InChI=1S/C21H25N3O2/c22-19-3-1-2-18(14-19)16-4-6-17(7-5-16)20(25)24-12-10-23(11-13-24)15-21(26)8-9-21/h1-7,14,26H,8-13,15,22H2. The summed E-state index contributed by atoms with van der Waals surface area (Å²) in [5.41, 5.74) is 8.94. The van der Waals surface area contributed by atoms with Gasteiger partial charge in [-0.05, 0) is 48.2 Å². The number of hydrogen-bond acceptors (Lipinski definition) is 4. The lowest BCUT2D eigenvalue weighted by molar-refractivity contribution is 0.0473. The number of carbonyl (C=O) groups excluding carboxylic acids is 1. The topological polar surface area (TPSA) is 69.8 Å². The van der Waals surface area contributed by atoms with Crippen molar-refractivity contribution in [3.63, 3.8) is 0 Å². The van der Waals surface area contributed by atoms with Crippen LogP contribution in [0.15, 0.2) is 48.5 Å². The van der Waals surface area contributed by atoms with Crippen molar-refractivity contribution in [3.8, 4) is 11.1 Å². The predicted molar refractivity (Wildman–Crippen MR) is 103 cm³/mol. The van der Waals surface area contributed by atoms with E-state index in [0.29, 0.717) is 18.7 Å². The number of anilines is 1. The molecule has 0 atom stereocenters. The first-order valence-electron chi connectivity index (χ1n) is 9.22. The maximum atomic E-state index is 12.7. The summed E-state index contributed by atoms with van der Waals surface area (Å²) >= 11 is 0. The van der Waals surface area contributed by atoms with Crippen molar-refractivity contribution in [2.45, 2.75) is 18.4 Å². The SMILES string of the molecule is Nc1cccc(-c2ccc(C(=O)N3CCN(CC4(O)CC4)CC3)cc2)c1. The van der Waals surface area contributed by atoms with Gasteiger partial charge in [0.15, 0.2) is 0 Å². The van der Waals surface area contributed by atoms with E-state index in [4.69, 9.17) is 5.73 Å². The Morgan fingerprint density at radius 3 is 2.31 bits per heavy atom. The van der Waals surface area contributed by atoms with Crippen molar-refractivity contribution in [2.75, 3.05) is 38.5 Å². The molecule has 0 bridgehead atoms. The first kappa shape index (κ1) is 17.1. The van der Waals surface area contributed by atoms with E-state index < -0.39 is 5.60 Å². The fraction of sp³-hybridized carbons (Fsp3) is 0.381. The van der Waals surface area contributed by atoms with Crippen molar-refractivity contribution in [1.29, 1.82) is 0 Å². The molecule has 3 N–H and O–H groups in total. The van der Waals surface area contributed by atoms with Gasteiger partial charge < -0.3 is 15.7 Å². The summed E-state index contributed by atoms with van der Waals surface area (Å²) in [5, 5.41) is 10.0. The lowest BCUT2D eigenvalue weighted by atomic mass is 10.0. The first-order chi connectivity index (χ1) is 12.5. The normalized spacial score (nSPS) is 19.3. The Hall–Kier alpha value is -2.37. The second kappa shape index (κ2) is 6.74. The quantitative estimate of drug-likeness (QED) is 0.829. The Morgan fingerprint density at radius 1 is 1.00 bits per heavy atom. The van der Waals surface area contributed by atoms with Gasteiger partial charge in [0.25, 0.3) is 5.91 Å². The van der Waals surface area contributed by atoms with Crippen LogP contribution < -0.4 is 5.73 Å². The average molecular weight is 351 g/mol. The number of nitrogens with two attached hydrogens (primary N) is 1. The van der Waals surface area contributed by atoms with Crippen molar-refractivity contribution in [2.24, 2.45) is 0 Å². The van der Waals surface area contributed by atoms with Crippen molar-refractivity contribution >= 4 is 11.6 Å². The number of benzene rings is 2. The van der Waals surface area contributed by atoms with E-state index in [9.17, 15) is 9.90 Å². The van der Waals surface area contributed by atoms with Gasteiger partial charge in [-0.3, -0.25) is 9.69 Å². The predicted octanol–water partition coefficient (Wildman–Crippen LogP) is 2.22. The molecule has 2 aromatic carbocycles. The first-order valence-corrected chi connectivity index (χ1v) is 9.22. The molecule has 0 spiro atoms. The Morgan fingerprint density at radius 2 is 1.69 bits per heavy atom. The maximum Gasteiger partial charge on any atom is 0.253 e. The third-order valence-electron chi connectivity index (χ3n) is 5.36. The second-order valence-corrected chi connectivity index (χ2v) is 7.50. The van der Waals surface area contributed by atoms with E-state index in [2.05, 4.69) is 4.90 Å². The minimum absolute atomic E-state index is 0.0777. The zero-order valence-corrected chi connectivity index (χ0v) is 14.9. The summed E-state index contributed by atoms with van der Waals surface area (Å²) in [7, 11) is 0. The highest BCUT2D eigenvalue weighted by atomic mass is 16.3. The minimum Gasteiger partial charge on any atom is -0.399 e. The maximum absolute atomic E-state index is 12.7. The molecule has 1 aliphatic carbocycles. The zero-order valence-electron chi connectivity index (χ0n) is 14.9. The number of hydrogen-bond donors (Lipinski definition) is 2. The highest BCUT2D eigenvalue weighted by molar-refractivity contribution is 5.94. The molecule has 2 fully saturated rings. The zero-order chi connectivity index (χ0) is 18.1. The van der Waals surface area contributed by atoms with Gasteiger partial charge in [-0.1, -0.05) is 24.3 Å².